The number of para-hydroxylation sites is 1. The second-order valence-electron chi connectivity index (χ2n) is 5.37. The highest BCUT2D eigenvalue weighted by atomic mass is 19.1. The van der Waals surface area contributed by atoms with E-state index in [4.69, 9.17) is 5.73 Å². The Bertz CT molecular complexity index is 632. The van der Waals surface area contributed by atoms with Crippen LogP contribution in [0, 0.1) is 5.82 Å². The number of nitrogens with zero attached hydrogens (tertiary/aromatic N) is 1. The highest BCUT2D eigenvalue weighted by Gasteiger charge is 2.31. The minimum Gasteiger partial charge on any atom is -0.389 e. The molecule has 2 aromatic rings. The van der Waals surface area contributed by atoms with Crippen LogP contribution in [0.15, 0.2) is 48.5 Å². The monoisotopic (exact) mass is 286 g/mol. The highest BCUT2D eigenvalue weighted by molar-refractivity contribution is 5.59. The van der Waals surface area contributed by atoms with Gasteiger partial charge >= 0.3 is 0 Å². The van der Waals surface area contributed by atoms with Crippen molar-refractivity contribution in [2.45, 2.75) is 18.6 Å². The molecule has 0 aromatic heterocycles. The molecule has 0 bridgehead atoms. The van der Waals surface area contributed by atoms with Crippen molar-refractivity contribution in [3.63, 3.8) is 0 Å². The first-order valence-corrected chi connectivity index (χ1v) is 7.19. The van der Waals surface area contributed by atoms with Crippen molar-refractivity contribution in [1.82, 2.24) is 0 Å². The van der Waals surface area contributed by atoms with E-state index in [0.717, 1.165) is 24.2 Å². The second-order valence-corrected chi connectivity index (χ2v) is 5.37. The first-order valence-electron chi connectivity index (χ1n) is 7.19. The van der Waals surface area contributed by atoms with Gasteiger partial charge in [-0.1, -0.05) is 30.3 Å². The average Bonchev–Trinajstić information content (AvgIpc) is 2.91. The number of aliphatic hydroxyl groups is 1. The van der Waals surface area contributed by atoms with Gasteiger partial charge in [0.1, 0.15) is 5.82 Å². The minimum atomic E-state index is -0.738. The summed E-state index contributed by atoms with van der Waals surface area (Å²) in [6, 6.07) is 14.2. The maximum atomic E-state index is 13.5. The minimum absolute atomic E-state index is 0.139. The summed E-state index contributed by atoms with van der Waals surface area (Å²) in [5.41, 5.74) is 8.77. The molecule has 0 fully saturated rings. The van der Waals surface area contributed by atoms with Crippen molar-refractivity contribution in [1.29, 1.82) is 0 Å². The van der Waals surface area contributed by atoms with E-state index >= 15 is 0 Å². The van der Waals surface area contributed by atoms with E-state index in [1.165, 1.54) is 17.7 Å². The van der Waals surface area contributed by atoms with Crippen LogP contribution in [0.5, 0.6) is 0 Å². The van der Waals surface area contributed by atoms with Gasteiger partial charge in [-0.15, -0.1) is 0 Å². The van der Waals surface area contributed by atoms with Gasteiger partial charge in [-0.3, -0.25) is 0 Å². The second kappa shape index (κ2) is 5.84. The van der Waals surface area contributed by atoms with Gasteiger partial charge in [0.2, 0.25) is 0 Å². The first kappa shape index (κ1) is 14.0. The van der Waals surface area contributed by atoms with Gasteiger partial charge in [0.25, 0.3) is 0 Å². The van der Waals surface area contributed by atoms with Crippen LogP contribution in [0.2, 0.25) is 0 Å². The van der Waals surface area contributed by atoms with Gasteiger partial charge in [0.15, 0.2) is 0 Å². The lowest BCUT2D eigenvalue weighted by Crippen LogP contribution is -2.39. The lowest BCUT2D eigenvalue weighted by atomic mass is 9.99. The van der Waals surface area contributed by atoms with E-state index in [1.807, 2.05) is 24.3 Å². The van der Waals surface area contributed by atoms with Crippen LogP contribution in [0.1, 0.15) is 17.2 Å². The number of benzene rings is 2. The van der Waals surface area contributed by atoms with Gasteiger partial charge in [-0.25, -0.2) is 4.39 Å². The fraction of sp³-hybridized carbons (Fsp3) is 0.294. The summed E-state index contributed by atoms with van der Waals surface area (Å²) in [4.78, 5) is 2.13. The largest absolute Gasteiger partial charge is 0.389 e. The highest BCUT2D eigenvalue weighted by Crippen LogP contribution is 2.36. The molecule has 21 heavy (non-hydrogen) atoms. The van der Waals surface area contributed by atoms with Crippen LogP contribution in [0.4, 0.5) is 10.1 Å². The summed E-state index contributed by atoms with van der Waals surface area (Å²) < 4.78 is 13.5. The van der Waals surface area contributed by atoms with Crippen molar-refractivity contribution < 1.29 is 9.50 Å². The van der Waals surface area contributed by atoms with Crippen LogP contribution in [0.25, 0.3) is 0 Å². The van der Waals surface area contributed by atoms with Crippen molar-refractivity contribution >= 4 is 5.69 Å². The Kier molecular flexibility index (Phi) is 3.90. The van der Waals surface area contributed by atoms with Gasteiger partial charge in [-0.2, -0.15) is 0 Å². The fourth-order valence-electron chi connectivity index (χ4n) is 3.08. The normalized spacial score (nSPS) is 16.6. The Balaban J connectivity index is 2.02. The molecule has 2 atom stereocenters. The lowest BCUT2D eigenvalue weighted by molar-refractivity contribution is 0.149. The number of nitrogens with two attached hydrogens (primary N) is 1. The molecule has 3 nitrogen and oxygen atoms in total. The summed E-state index contributed by atoms with van der Waals surface area (Å²) in [6.45, 7) is 0.942. The third kappa shape index (κ3) is 2.64. The van der Waals surface area contributed by atoms with Crippen LogP contribution >= 0.6 is 0 Å². The van der Waals surface area contributed by atoms with Crippen molar-refractivity contribution in [2.24, 2.45) is 5.73 Å². The topological polar surface area (TPSA) is 49.5 Å². The van der Waals surface area contributed by atoms with Gasteiger partial charge < -0.3 is 15.7 Å². The predicted octanol–water partition coefficient (Wildman–Crippen LogP) is 2.25. The van der Waals surface area contributed by atoms with Crippen LogP contribution in [0.3, 0.4) is 0 Å². The summed E-state index contributed by atoms with van der Waals surface area (Å²) >= 11 is 0. The number of fused-ring (bicyclic) bond motifs is 1. The number of hydrogen-bond acceptors (Lipinski definition) is 3. The Morgan fingerprint density at radius 1 is 1.19 bits per heavy atom. The molecule has 110 valence electrons. The Hall–Kier alpha value is -1.91. The molecule has 1 aliphatic rings. The van der Waals surface area contributed by atoms with E-state index < -0.39 is 6.10 Å². The van der Waals surface area contributed by atoms with Crippen LogP contribution in [-0.2, 0) is 6.42 Å². The fourth-order valence-corrected chi connectivity index (χ4v) is 3.08. The molecule has 2 aromatic carbocycles. The SMILES string of the molecule is NCC(O)[C@H](c1cccc(F)c1)N1CCc2ccccc21. The van der Waals surface area contributed by atoms with Crippen LogP contribution < -0.4 is 10.6 Å². The number of rotatable bonds is 4. The Labute approximate surface area is 123 Å². The molecule has 0 aliphatic carbocycles. The third-order valence-electron chi connectivity index (χ3n) is 4.06. The zero-order chi connectivity index (χ0) is 14.8. The zero-order valence-electron chi connectivity index (χ0n) is 11.7. The molecular formula is C17H19FN2O. The van der Waals surface area contributed by atoms with E-state index in [2.05, 4.69) is 11.0 Å². The number of aliphatic hydroxyl groups excluding tert-OH is 1. The molecule has 0 spiro atoms. The standard InChI is InChI=1S/C17H19FN2O/c18-14-6-3-5-13(10-14)17(16(21)11-19)20-9-8-12-4-1-2-7-15(12)20/h1-7,10,16-17,21H,8-9,11,19H2/t16?,17-/m0/s1. The molecule has 1 unspecified atom stereocenters. The Morgan fingerprint density at radius 3 is 2.76 bits per heavy atom. The van der Waals surface area contributed by atoms with Crippen molar-refractivity contribution in [3.8, 4) is 0 Å². The van der Waals surface area contributed by atoms with E-state index in [1.54, 1.807) is 6.07 Å². The average molecular weight is 286 g/mol. The van der Waals surface area contributed by atoms with E-state index in [-0.39, 0.29) is 18.4 Å². The first-order chi connectivity index (χ1) is 10.2. The van der Waals surface area contributed by atoms with Gasteiger partial charge in [-0.05, 0) is 35.7 Å². The molecule has 0 radical (unpaired) electrons. The summed E-state index contributed by atoms with van der Waals surface area (Å²) in [6.07, 6.45) is 0.192. The summed E-state index contributed by atoms with van der Waals surface area (Å²) in [5.74, 6) is -0.297. The molecule has 1 aliphatic heterocycles. The maximum Gasteiger partial charge on any atom is 0.123 e. The van der Waals surface area contributed by atoms with Gasteiger partial charge in [0.05, 0.1) is 12.1 Å². The van der Waals surface area contributed by atoms with Gasteiger partial charge in [0, 0.05) is 18.8 Å². The smallest absolute Gasteiger partial charge is 0.123 e. The zero-order valence-corrected chi connectivity index (χ0v) is 11.7. The lowest BCUT2D eigenvalue weighted by Gasteiger charge is -2.34. The quantitative estimate of drug-likeness (QED) is 0.906. The summed E-state index contributed by atoms with van der Waals surface area (Å²) in [5, 5.41) is 10.4. The maximum absolute atomic E-state index is 13.5. The van der Waals surface area contributed by atoms with Crippen molar-refractivity contribution in [2.75, 3.05) is 18.0 Å². The molecule has 0 amide bonds. The molecule has 1 heterocycles. The number of halogens is 1. The van der Waals surface area contributed by atoms with Crippen molar-refractivity contribution in [3.05, 3.63) is 65.5 Å². The summed E-state index contributed by atoms with van der Waals surface area (Å²) in [7, 11) is 0. The molecule has 0 saturated carbocycles. The molecule has 0 saturated heterocycles. The number of hydrogen-bond donors (Lipinski definition) is 2. The third-order valence-corrected chi connectivity index (χ3v) is 4.06. The number of anilines is 1. The van der Waals surface area contributed by atoms with E-state index in [0.29, 0.717) is 0 Å². The molecule has 3 rings (SSSR count). The Morgan fingerprint density at radius 2 is 2.00 bits per heavy atom. The molecule has 4 heteroatoms. The molecule has 3 N–H and O–H groups in total. The van der Waals surface area contributed by atoms with E-state index in [9.17, 15) is 9.50 Å². The van der Waals surface area contributed by atoms with Crippen LogP contribution in [-0.4, -0.2) is 24.3 Å². The predicted molar refractivity (Wildman–Crippen MR) is 81.7 cm³/mol. The molecular weight excluding hydrogens is 267 g/mol.